The summed E-state index contributed by atoms with van der Waals surface area (Å²) in [6.45, 7) is 1.72. The highest BCUT2D eigenvalue weighted by atomic mass is 32.1. The molecule has 0 bridgehead atoms. The van der Waals surface area contributed by atoms with E-state index >= 15 is 0 Å². The van der Waals surface area contributed by atoms with E-state index in [1.54, 1.807) is 17.5 Å². The maximum atomic E-state index is 12.5. The zero-order chi connectivity index (χ0) is 14.5. The molecule has 5 heteroatoms. The second kappa shape index (κ2) is 6.89. The number of aryl methyl sites for hydroxylation is 1. The van der Waals surface area contributed by atoms with Gasteiger partial charge in [0.05, 0.1) is 12.6 Å². The molecule has 0 spiro atoms. The van der Waals surface area contributed by atoms with Crippen LogP contribution in [0.15, 0.2) is 36.0 Å². The molecule has 1 amide bonds. The number of amides is 1. The fourth-order valence-electron chi connectivity index (χ4n) is 2.97. The lowest BCUT2D eigenvalue weighted by Gasteiger charge is -2.35. The minimum absolute atomic E-state index is 0.292. The number of piperidine rings is 1. The van der Waals surface area contributed by atoms with Crippen molar-refractivity contribution in [3.63, 3.8) is 0 Å². The molecular formula is C16H21N3OS. The third-order valence-corrected chi connectivity index (χ3v) is 5.01. The smallest absolute Gasteiger partial charge is 0.223 e. The van der Waals surface area contributed by atoms with Gasteiger partial charge in [-0.3, -0.25) is 9.48 Å². The fraction of sp³-hybridized carbons (Fsp3) is 0.500. The van der Waals surface area contributed by atoms with Crippen LogP contribution in [0, 0.1) is 0 Å². The molecule has 1 aliphatic heterocycles. The summed E-state index contributed by atoms with van der Waals surface area (Å²) in [5.41, 5.74) is 0. The zero-order valence-electron chi connectivity index (χ0n) is 12.1. The van der Waals surface area contributed by atoms with E-state index in [-0.39, 0.29) is 0 Å². The van der Waals surface area contributed by atoms with Crippen molar-refractivity contribution in [1.82, 2.24) is 14.7 Å². The highest BCUT2D eigenvalue weighted by molar-refractivity contribution is 7.09. The third-order valence-electron chi connectivity index (χ3n) is 4.07. The number of nitrogens with zero attached hydrogens (tertiary/aromatic N) is 3. The molecule has 0 aliphatic carbocycles. The Kier molecular flexibility index (Phi) is 4.70. The first-order chi connectivity index (χ1) is 10.3. The Morgan fingerprint density at radius 3 is 3.10 bits per heavy atom. The third kappa shape index (κ3) is 3.73. The van der Waals surface area contributed by atoms with Gasteiger partial charge in [0.15, 0.2) is 0 Å². The Morgan fingerprint density at radius 1 is 1.38 bits per heavy atom. The van der Waals surface area contributed by atoms with Crippen LogP contribution in [0.2, 0.25) is 0 Å². The van der Waals surface area contributed by atoms with Crippen LogP contribution in [-0.4, -0.2) is 33.2 Å². The lowest BCUT2D eigenvalue weighted by atomic mass is 10.0. The van der Waals surface area contributed by atoms with Crippen molar-refractivity contribution in [3.8, 4) is 0 Å². The van der Waals surface area contributed by atoms with Crippen molar-refractivity contribution >= 4 is 17.2 Å². The molecule has 1 fully saturated rings. The maximum Gasteiger partial charge on any atom is 0.223 e. The summed E-state index contributed by atoms with van der Waals surface area (Å²) in [6, 6.07) is 6.39. The quantitative estimate of drug-likeness (QED) is 0.851. The average molecular weight is 303 g/mol. The van der Waals surface area contributed by atoms with E-state index in [1.165, 1.54) is 11.3 Å². The van der Waals surface area contributed by atoms with Crippen LogP contribution in [0.5, 0.6) is 0 Å². The molecule has 0 N–H and O–H groups in total. The highest BCUT2D eigenvalue weighted by Crippen LogP contribution is 2.20. The molecule has 3 rings (SSSR count). The van der Waals surface area contributed by atoms with Gasteiger partial charge in [-0.15, -0.1) is 11.3 Å². The zero-order valence-corrected chi connectivity index (χ0v) is 13.0. The molecule has 112 valence electrons. The summed E-state index contributed by atoms with van der Waals surface area (Å²) in [7, 11) is 0. The Labute approximate surface area is 129 Å². The second-order valence-electron chi connectivity index (χ2n) is 5.54. The molecule has 0 radical (unpaired) electrons. The molecule has 3 heterocycles. The molecule has 0 unspecified atom stereocenters. The van der Waals surface area contributed by atoms with Crippen molar-refractivity contribution in [2.24, 2.45) is 0 Å². The van der Waals surface area contributed by atoms with Crippen LogP contribution in [-0.2, 0) is 17.8 Å². The summed E-state index contributed by atoms with van der Waals surface area (Å²) in [5.74, 6) is 0.292. The molecule has 2 aromatic heterocycles. The van der Waals surface area contributed by atoms with Crippen LogP contribution < -0.4 is 0 Å². The predicted octanol–water partition coefficient (Wildman–Crippen LogP) is 2.96. The Morgan fingerprint density at radius 2 is 2.33 bits per heavy atom. The number of likely N-dealkylation sites (tertiary alicyclic amines) is 1. The van der Waals surface area contributed by atoms with E-state index in [0.717, 1.165) is 32.4 Å². The lowest BCUT2D eigenvalue weighted by Crippen LogP contribution is -2.46. The van der Waals surface area contributed by atoms with Crippen LogP contribution >= 0.6 is 11.3 Å². The molecule has 21 heavy (non-hydrogen) atoms. The van der Waals surface area contributed by atoms with Gasteiger partial charge < -0.3 is 4.90 Å². The van der Waals surface area contributed by atoms with Crippen LogP contribution in [0.3, 0.4) is 0 Å². The summed E-state index contributed by atoms with van der Waals surface area (Å²) in [6.07, 6.45) is 8.68. The van der Waals surface area contributed by atoms with E-state index in [0.29, 0.717) is 18.4 Å². The van der Waals surface area contributed by atoms with Gasteiger partial charge in [0.1, 0.15) is 0 Å². The molecule has 4 nitrogen and oxygen atoms in total. The van der Waals surface area contributed by atoms with Crippen LogP contribution in [0.1, 0.15) is 30.6 Å². The predicted molar refractivity (Wildman–Crippen MR) is 84.2 cm³/mol. The highest BCUT2D eigenvalue weighted by Gasteiger charge is 2.26. The van der Waals surface area contributed by atoms with Crippen molar-refractivity contribution in [3.05, 3.63) is 40.8 Å². The summed E-state index contributed by atoms with van der Waals surface area (Å²) < 4.78 is 1.94. The van der Waals surface area contributed by atoms with Crippen LogP contribution in [0.4, 0.5) is 0 Å². The van der Waals surface area contributed by atoms with Gasteiger partial charge in [-0.2, -0.15) is 5.10 Å². The minimum Gasteiger partial charge on any atom is -0.338 e. The maximum absolute atomic E-state index is 12.5. The minimum atomic E-state index is 0.292. The van der Waals surface area contributed by atoms with E-state index in [9.17, 15) is 4.79 Å². The van der Waals surface area contributed by atoms with E-state index < -0.39 is 0 Å². The Balaban J connectivity index is 1.58. The molecule has 1 aliphatic rings. The number of hydrogen-bond donors (Lipinski definition) is 0. The average Bonchev–Trinajstić information content (AvgIpc) is 3.18. The standard InChI is InChI=1S/C16H21N3OS/c20-16(8-7-15-6-3-12-21-15)19-11-2-1-5-14(19)13-18-10-4-9-17-18/h3-4,6,9-10,12,14H,1-2,5,7-8,11,13H2/t14-/m1/s1. The Bertz CT molecular complexity index is 550. The fourth-order valence-corrected chi connectivity index (χ4v) is 3.68. The van der Waals surface area contributed by atoms with Crippen molar-refractivity contribution < 1.29 is 4.79 Å². The van der Waals surface area contributed by atoms with Gasteiger partial charge in [-0.25, -0.2) is 0 Å². The largest absolute Gasteiger partial charge is 0.338 e. The van der Waals surface area contributed by atoms with Gasteiger partial charge in [-0.1, -0.05) is 6.07 Å². The summed E-state index contributed by atoms with van der Waals surface area (Å²) in [4.78, 5) is 15.9. The number of carbonyl (C=O) groups excluding carboxylic acids is 1. The first kappa shape index (κ1) is 14.3. The topological polar surface area (TPSA) is 38.1 Å². The first-order valence-corrected chi connectivity index (χ1v) is 8.50. The molecule has 1 saturated heterocycles. The summed E-state index contributed by atoms with van der Waals surface area (Å²) in [5, 5.41) is 6.34. The van der Waals surface area contributed by atoms with Gasteiger partial charge in [0.25, 0.3) is 0 Å². The van der Waals surface area contributed by atoms with Crippen molar-refractivity contribution in [1.29, 1.82) is 0 Å². The molecule has 1 atom stereocenters. The first-order valence-electron chi connectivity index (χ1n) is 7.62. The molecule has 0 saturated carbocycles. The number of thiophene rings is 1. The second-order valence-corrected chi connectivity index (χ2v) is 6.58. The Hall–Kier alpha value is -1.62. The van der Waals surface area contributed by atoms with Crippen molar-refractivity contribution in [2.75, 3.05) is 6.54 Å². The number of carbonyl (C=O) groups is 1. The van der Waals surface area contributed by atoms with E-state index in [2.05, 4.69) is 21.4 Å². The van der Waals surface area contributed by atoms with Gasteiger partial charge in [0, 0.05) is 30.2 Å². The molecule has 2 aromatic rings. The summed E-state index contributed by atoms with van der Waals surface area (Å²) >= 11 is 1.73. The van der Waals surface area contributed by atoms with Crippen molar-refractivity contribution in [2.45, 2.75) is 44.7 Å². The van der Waals surface area contributed by atoms with Gasteiger partial charge in [-0.05, 0) is 43.2 Å². The van der Waals surface area contributed by atoms with E-state index in [4.69, 9.17) is 0 Å². The number of rotatable bonds is 5. The van der Waals surface area contributed by atoms with Gasteiger partial charge >= 0.3 is 0 Å². The molecule has 0 aromatic carbocycles. The SMILES string of the molecule is O=C(CCc1cccs1)N1CCCC[C@@H]1Cn1cccn1. The number of aromatic nitrogens is 2. The number of hydrogen-bond acceptors (Lipinski definition) is 3. The van der Waals surface area contributed by atoms with E-state index in [1.807, 2.05) is 23.0 Å². The normalized spacial score (nSPS) is 18.9. The molecular weight excluding hydrogens is 282 g/mol. The lowest BCUT2D eigenvalue weighted by molar-refractivity contribution is -0.135. The van der Waals surface area contributed by atoms with Crippen LogP contribution in [0.25, 0.3) is 0 Å². The monoisotopic (exact) mass is 303 g/mol. The van der Waals surface area contributed by atoms with Gasteiger partial charge in [0.2, 0.25) is 5.91 Å².